The van der Waals surface area contributed by atoms with Gasteiger partial charge in [0.05, 0.1) is 7.11 Å². The van der Waals surface area contributed by atoms with Gasteiger partial charge in [-0.05, 0) is 6.42 Å². The lowest BCUT2D eigenvalue weighted by Crippen LogP contribution is -2.03. The van der Waals surface area contributed by atoms with Gasteiger partial charge in [0.2, 0.25) is 0 Å². The van der Waals surface area contributed by atoms with Crippen LogP contribution >= 0.6 is 23.2 Å². The van der Waals surface area contributed by atoms with Crippen LogP contribution in [0.2, 0.25) is 0 Å². The summed E-state index contributed by atoms with van der Waals surface area (Å²) in [7, 11) is 1.22. The Balaban J connectivity index is 2.70. The summed E-state index contributed by atoms with van der Waals surface area (Å²) in [6.07, 6.45) is 2.02. The first kappa shape index (κ1) is 10.4. The van der Waals surface area contributed by atoms with Gasteiger partial charge in [0.1, 0.15) is 16.0 Å². The molecule has 1 rings (SSSR count). The first-order valence-electron chi connectivity index (χ1n) is 3.59. The third-order valence-corrected chi connectivity index (χ3v) is 2.64. The summed E-state index contributed by atoms with van der Waals surface area (Å²) in [6, 6.07) is 1.73. The second-order valence-electron chi connectivity index (χ2n) is 2.76. The SMILES string of the molecule is COC(=O)C(C#N)=CC1CC1(Cl)Cl. The van der Waals surface area contributed by atoms with Crippen LogP contribution in [0.1, 0.15) is 6.42 Å². The van der Waals surface area contributed by atoms with E-state index in [1.807, 2.05) is 0 Å². The van der Waals surface area contributed by atoms with Crippen LogP contribution in [0, 0.1) is 17.2 Å². The number of nitrogens with zero attached hydrogens (tertiary/aromatic N) is 1. The van der Waals surface area contributed by atoms with Gasteiger partial charge in [0, 0.05) is 5.92 Å². The van der Waals surface area contributed by atoms with E-state index in [-0.39, 0.29) is 11.5 Å². The van der Waals surface area contributed by atoms with Gasteiger partial charge in [0.15, 0.2) is 0 Å². The van der Waals surface area contributed by atoms with Gasteiger partial charge in [-0.1, -0.05) is 6.08 Å². The highest BCUT2D eigenvalue weighted by Gasteiger charge is 2.50. The zero-order chi connectivity index (χ0) is 10.1. The van der Waals surface area contributed by atoms with E-state index in [0.29, 0.717) is 6.42 Å². The molecule has 1 atom stereocenters. The molecule has 70 valence electrons. The molecular weight excluding hydrogens is 213 g/mol. The lowest BCUT2D eigenvalue weighted by atomic mass is 10.2. The Morgan fingerprint density at radius 2 is 2.31 bits per heavy atom. The Morgan fingerprint density at radius 1 is 1.77 bits per heavy atom. The highest BCUT2D eigenvalue weighted by molar-refractivity contribution is 6.51. The molecule has 5 heteroatoms. The molecule has 0 aromatic rings. The van der Waals surface area contributed by atoms with Crippen molar-refractivity contribution in [2.45, 2.75) is 10.8 Å². The maximum atomic E-state index is 10.9. The van der Waals surface area contributed by atoms with Crippen LogP contribution in [0.3, 0.4) is 0 Å². The van der Waals surface area contributed by atoms with E-state index in [2.05, 4.69) is 4.74 Å². The van der Waals surface area contributed by atoms with Crippen LogP contribution in [0.4, 0.5) is 0 Å². The number of ether oxygens (including phenoxy) is 1. The average molecular weight is 220 g/mol. The van der Waals surface area contributed by atoms with Gasteiger partial charge >= 0.3 is 5.97 Å². The molecule has 1 unspecified atom stereocenters. The van der Waals surface area contributed by atoms with Crippen LogP contribution in [-0.4, -0.2) is 17.4 Å². The van der Waals surface area contributed by atoms with Gasteiger partial charge in [0.25, 0.3) is 0 Å². The molecule has 13 heavy (non-hydrogen) atoms. The number of nitriles is 1. The summed E-state index contributed by atoms with van der Waals surface area (Å²) in [5.41, 5.74) is -0.0457. The van der Waals surface area contributed by atoms with Crippen molar-refractivity contribution < 1.29 is 9.53 Å². The Hall–Kier alpha value is -0.720. The molecule has 0 amide bonds. The summed E-state index contributed by atoms with van der Waals surface area (Å²) in [6.45, 7) is 0. The quantitative estimate of drug-likeness (QED) is 0.308. The minimum Gasteiger partial charge on any atom is -0.465 e. The predicted octanol–water partition coefficient (Wildman–Crippen LogP) is 1.80. The van der Waals surface area contributed by atoms with E-state index in [9.17, 15) is 4.79 Å². The first-order valence-corrected chi connectivity index (χ1v) is 4.35. The lowest BCUT2D eigenvalue weighted by molar-refractivity contribution is -0.135. The molecule has 0 aromatic carbocycles. The zero-order valence-corrected chi connectivity index (χ0v) is 8.39. The summed E-state index contributed by atoms with van der Waals surface area (Å²) in [5.74, 6) is -0.775. The monoisotopic (exact) mass is 219 g/mol. The number of esters is 1. The fraction of sp³-hybridized carbons (Fsp3) is 0.500. The highest BCUT2D eigenvalue weighted by Crippen LogP contribution is 2.54. The van der Waals surface area contributed by atoms with Crippen molar-refractivity contribution in [3.63, 3.8) is 0 Å². The van der Waals surface area contributed by atoms with Crippen LogP contribution in [0.5, 0.6) is 0 Å². The van der Waals surface area contributed by atoms with E-state index < -0.39 is 10.3 Å². The van der Waals surface area contributed by atoms with Crippen LogP contribution < -0.4 is 0 Å². The molecule has 3 nitrogen and oxygen atoms in total. The molecule has 0 aliphatic heterocycles. The molecule has 0 saturated heterocycles. The molecule has 0 bridgehead atoms. The molecule has 1 saturated carbocycles. The summed E-state index contributed by atoms with van der Waals surface area (Å²) in [4.78, 5) is 10.9. The smallest absolute Gasteiger partial charge is 0.348 e. The molecule has 0 aromatic heterocycles. The number of alkyl halides is 2. The van der Waals surface area contributed by atoms with Crippen molar-refractivity contribution in [2.75, 3.05) is 7.11 Å². The van der Waals surface area contributed by atoms with Crippen molar-refractivity contribution in [1.82, 2.24) is 0 Å². The van der Waals surface area contributed by atoms with E-state index in [4.69, 9.17) is 28.5 Å². The molecule has 0 N–H and O–H groups in total. The molecule has 1 fully saturated rings. The van der Waals surface area contributed by atoms with E-state index >= 15 is 0 Å². The van der Waals surface area contributed by atoms with Crippen molar-refractivity contribution in [3.8, 4) is 6.07 Å². The number of allylic oxidation sites excluding steroid dienone is 1. The van der Waals surface area contributed by atoms with Gasteiger partial charge < -0.3 is 4.74 Å². The Labute approximate surface area is 85.9 Å². The topological polar surface area (TPSA) is 50.1 Å². The maximum Gasteiger partial charge on any atom is 0.348 e. The number of carbonyl (C=O) groups excluding carboxylic acids is 1. The maximum absolute atomic E-state index is 10.9. The third kappa shape index (κ3) is 2.36. The van der Waals surface area contributed by atoms with Crippen LogP contribution in [-0.2, 0) is 9.53 Å². The summed E-state index contributed by atoms with van der Waals surface area (Å²) >= 11 is 11.4. The van der Waals surface area contributed by atoms with Crippen LogP contribution in [0.25, 0.3) is 0 Å². The number of carbonyl (C=O) groups is 1. The number of hydrogen-bond acceptors (Lipinski definition) is 3. The molecule has 1 aliphatic carbocycles. The van der Waals surface area contributed by atoms with Gasteiger partial charge in [-0.15, -0.1) is 23.2 Å². The largest absolute Gasteiger partial charge is 0.465 e. The Kier molecular flexibility index (Phi) is 2.84. The van der Waals surface area contributed by atoms with Gasteiger partial charge in [-0.25, -0.2) is 4.79 Å². The summed E-state index contributed by atoms with van der Waals surface area (Å²) < 4.78 is 3.57. The van der Waals surface area contributed by atoms with Gasteiger partial charge in [-0.2, -0.15) is 5.26 Å². The van der Waals surface area contributed by atoms with Crippen molar-refractivity contribution in [1.29, 1.82) is 5.26 Å². The fourth-order valence-electron chi connectivity index (χ4n) is 0.877. The fourth-order valence-corrected chi connectivity index (χ4v) is 1.34. The third-order valence-electron chi connectivity index (χ3n) is 1.77. The first-order chi connectivity index (χ1) is 6.01. The number of halogens is 2. The molecular formula is C8H7Cl2NO2. The molecule has 1 aliphatic rings. The standard InChI is InChI=1S/C8H7Cl2NO2/c1-13-7(12)5(4-11)2-6-3-8(6,9)10/h2,6H,3H2,1H3. The van der Waals surface area contributed by atoms with E-state index in [1.165, 1.54) is 13.2 Å². The number of methoxy groups -OCH3 is 1. The second-order valence-corrected chi connectivity index (χ2v) is 4.30. The zero-order valence-electron chi connectivity index (χ0n) is 6.88. The normalized spacial score (nSPS) is 24.8. The van der Waals surface area contributed by atoms with Crippen LogP contribution in [0.15, 0.2) is 11.6 Å². The molecule has 0 spiro atoms. The number of rotatable bonds is 2. The van der Waals surface area contributed by atoms with E-state index in [0.717, 1.165) is 0 Å². The second kappa shape index (κ2) is 3.57. The highest BCUT2D eigenvalue weighted by atomic mass is 35.5. The minimum atomic E-state index is -0.809. The van der Waals surface area contributed by atoms with Crippen molar-refractivity contribution in [2.24, 2.45) is 5.92 Å². The van der Waals surface area contributed by atoms with Crippen molar-refractivity contribution >= 4 is 29.2 Å². The Bertz CT molecular complexity index is 304. The lowest BCUT2D eigenvalue weighted by Gasteiger charge is -1.96. The van der Waals surface area contributed by atoms with E-state index in [1.54, 1.807) is 6.07 Å². The Morgan fingerprint density at radius 3 is 2.62 bits per heavy atom. The number of hydrogen-bond donors (Lipinski definition) is 0. The minimum absolute atomic E-state index is 0.0457. The van der Waals surface area contributed by atoms with Crippen molar-refractivity contribution in [3.05, 3.63) is 11.6 Å². The predicted molar refractivity (Wildman–Crippen MR) is 48.3 cm³/mol. The molecule has 0 heterocycles. The average Bonchev–Trinajstić information content (AvgIpc) is 2.68. The van der Waals surface area contributed by atoms with Gasteiger partial charge in [-0.3, -0.25) is 0 Å². The molecule has 0 radical (unpaired) electrons. The summed E-state index contributed by atoms with van der Waals surface area (Å²) in [5, 5.41) is 8.57.